The minimum atomic E-state index is -0.125. The standard InChI is InChI=1S/C22H23N3O2/c1-4-7-17-14-18(10-11-21(17)27-3)22(26)24-15-19-8-5-6-9-20(19)25-13-12-23-16(25)2/h4-6,8-14H,1,7,15H2,2-3H3,(H,24,26). The Bertz CT molecular complexity index is 960. The lowest BCUT2D eigenvalue weighted by atomic mass is 10.1. The molecule has 1 N–H and O–H groups in total. The van der Waals surface area contributed by atoms with E-state index in [1.54, 1.807) is 25.4 Å². The summed E-state index contributed by atoms with van der Waals surface area (Å²) in [7, 11) is 1.62. The largest absolute Gasteiger partial charge is 0.496 e. The van der Waals surface area contributed by atoms with Crippen molar-refractivity contribution in [1.29, 1.82) is 0 Å². The molecule has 0 bridgehead atoms. The maximum absolute atomic E-state index is 12.6. The second-order valence-electron chi connectivity index (χ2n) is 6.18. The molecule has 0 radical (unpaired) electrons. The van der Waals surface area contributed by atoms with E-state index >= 15 is 0 Å². The van der Waals surface area contributed by atoms with Gasteiger partial charge in [-0.15, -0.1) is 6.58 Å². The highest BCUT2D eigenvalue weighted by atomic mass is 16.5. The lowest BCUT2D eigenvalue weighted by Gasteiger charge is -2.13. The fourth-order valence-corrected chi connectivity index (χ4v) is 3.04. The maximum Gasteiger partial charge on any atom is 0.251 e. The van der Waals surface area contributed by atoms with Crippen molar-refractivity contribution in [2.24, 2.45) is 0 Å². The second-order valence-corrected chi connectivity index (χ2v) is 6.18. The summed E-state index contributed by atoms with van der Waals surface area (Å²) >= 11 is 0. The van der Waals surface area contributed by atoms with Crippen LogP contribution in [0.1, 0.15) is 27.3 Å². The van der Waals surface area contributed by atoms with Crippen LogP contribution >= 0.6 is 0 Å². The number of aromatic nitrogens is 2. The van der Waals surface area contributed by atoms with Crippen LogP contribution in [0.3, 0.4) is 0 Å². The van der Waals surface area contributed by atoms with E-state index in [9.17, 15) is 4.79 Å². The number of aryl methyl sites for hydroxylation is 1. The number of methoxy groups -OCH3 is 1. The van der Waals surface area contributed by atoms with Crippen molar-refractivity contribution in [3.63, 3.8) is 0 Å². The van der Waals surface area contributed by atoms with Crippen LogP contribution in [0.2, 0.25) is 0 Å². The van der Waals surface area contributed by atoms with Crippen molar-refractivity contribution < 1.29 is 9.53 Å². The zero-order chi connectivity index (χ0) is 19.2. The molecule has 0 spiro atoms. The minimum Gasteiger partial charge on any atom is -0.496 e. The number of hydrogen-bond acceptors (Lipinski definition) is 3. The number of ether oxygens (including phenoxy) is 1. The number of carbonyl (C=O) groups excluding carboxylic acids is 1. The molecular weight excluding hydrogens is 338 g/mol. The average Bonchev–Trinajstić information content (AvgIpc) is 3.12. The van der Waals surface area contributed by atoms with Crippen LogP contribution in [-0.2, 0) is 13.0 Å². The number of nitrogens with zero attached hydrogens (tertiary/aromatic N) is 2. The molecular formula is C22H23N3O2. The monoisotopic (exact) mass is 361 g/mol. The molecule has 138 valence electrons. The van der Waals surface area contributed by atoms with Gasteiger partial charge >= 0.3 is 0 Å². The smallest absolute Gasteiger partial charge is 0.251 e. The molecule has 0 aliphatic rings. The predicted molar refractivity (Wildman–Crippen MR) is 106 cm³/mol. The zero-order valence-corrected chi connectivity index (χ0v) is 15.6. The van der Waals surface area contributed by atoms with Crippen molar-refractivity contribution >= 4 is 5.91 Å². The Balaban J connectivity index is 1.78. The summed E-state index contributed by atoms with van der Waals surface area (Å²) in [5.41, 5.74) is 3.57. The van der Waals surface area contributed by atoms with Crippen LogP contribution in [0.25, 0.3) is 5.69 Å². The van der Waals surface area contributed by atoms with Crippen molar-refractivity contribution in [1.82, 2.24) is 14.9 Å². The van der Waals surface area contributed by atoms with Gasteiger partial charge in [0.05, 0.1) is 12.8 Å². The molecule has 27 heavy (non-hydrogen) atoms. The normalized spacial score (nSPS) is 10.4. The van der Waals surface area contributed by atoms with Crippen molar-refractivity contribution in [2.45, 2.75) is 19.9 Å². The van der Waals surface area contributed by atoms with Gasteiger partial charge in [-0.2, -0.15) is 0 Å². The molecule has 0 atom stereocenters. The molecule has 1 heterocycles. The predicted octanol–water partition coefficient (Wildman–Crippen LogP) is 3.85. The lowest BCUT2D eigenvalue weighted by Crippen LogP contribution is -2.23. The highest BCUT2D eigenvalue weighted by molar-refractivity contribution is 5.94. The molecule has 3 aromatic rings. The average molecular weight is 361 g/mol. The van der Waals surface area contributed by atoms with Crippen LogP contribution in [0.15, 0.2) is 67.5 Å². The Morgan fingerprint density at radius 1 is 1.26 bits per heavy atom. The van der Waals surface area contributed by atoms with E-state index < -0.39 is 0 Å². The van der Waals surface area contributed by atoms with Gasteiger partial charge in [0.2, 0.25) is 0 Å². The second kappa shape index (κ2) is 8.36. The van der Waals surface area contributed by atoms with E-state index in [2.05, 4.69) is 16.9 Å². The van der Waals surface area contributed by atoms with Crippen LogP contribution in [0.5, 0.6) is 5.75 Å². The van der Waals surface area contributed by atoms with Crippen LogP contribution in [-0.4, -0.2) is 22.6 Å². The van der Waals surface area contributed by atoms with Crippen LogP contribution in [0.4, 0.5) is 0 Å². The fraction of sp³-hybridized carbons (Fsp3) is 0.182. The summed E-state index contributed by atoms with van der Waals surface area (Å²) < 4.78 is 7.35. The first kappa shape index (κ1) is 18.5. The quantitative estimate of drug-likeness (QED) is 0.651. The highest BCUT2D eigenvalue weighted by Gasteiger charge is 2.11. The van der Waals surface area contributed by atoms with E-state index in [0.717, 1.165) is 28.4 Å². The molecule has 3 rings (SSSR count). The number of nitrogens with one attached hydrogen (secondary N) is 1. The number of carbonyl (C=O) groups is 1. The fourth-order valence-electron chi connectivity index (χ4n) is 3.04. The molecule has 0 aliphatic heterocycles. The summed E-state index contributed by atoms with van der Waals surface area (Å²) in [4.78, 5) is 16.9. The Kier molecular flexibility index (Phi) is 5.71. The van der Waals surface area contributed by atoms with Gasteiger partial charge in [0, 0.05) is 24.5 Å². The number of para-hydroxylation sites is 1. The first-order valence-electron chi connectivity index (χ1n) is 8.78. The third kappa shape index (κ3) is 4.08. The molecule has 2 aromatic carbocycles. The number of rotatable bonds is 7. The molecule has 0 aliphatic carbocycles. The third-order valence-corrected chi connectivity index (χ3v) is 4.42. The van der Waals surface area contributed by atoms with E-state index in [1.807, 2.05) is 54.1 Å². The molecule has 0 saturated carbocycles. The lowest BCUT2D eigenvalue weighted by molar-refractivity contribution is 0.0951. The summed E-state index contributed by atoms with van der Waals surface area (Å²) in [6, 6.07) is 13.4. The van der Waals surface area contributed by atoms with Gasteiger partial charge in [0.1, 0.15) is 11.6 Å². The van der Waals surface area contributed by atoms with Crippen LogP contribution in [0, 0.1) is 6.92 Å². The summed E-state index contributed by atoms with van der Waals surface area (Å²) in [5.74, 6) is 1.53. The van der Waals surface area contributed by atoms with E-state index in [0.29, 0.717) is 18.5 Å². The van der Waals surface area contributed by atoms with Crippen molar-refractivity contribution in [3.8, 4) is 11.4 Å². The maximum atomic E-state index is 12.6. The molecule has 0 unspecified atom stereocenters. The van der Waals surface area contributed by atoms with Gasteiger partial charge in [0.25, 0.3) is 5.91 Å². The number of hydrogen-bond donors (Lipinski definition) is 1. The van der Waals surface area contributed by atoms with Crippen molar-refractivity contribution in [3.05, 3.63) is 90.0 Å². The van der Waals surface area contributed by atoms with Gasteiger partial charge in [0.15, 0.2) is 0 Å². The Morgan fingerprint density at radius 3 is 2.78 bits per heavy atom. The number of amides is 1. The zero-order valence-electron chi connectivity index (χ0n) is 15.6. The van der Waals surface area contributed by atoms with Gasteiger partial charge in [-0.05, 0) is 48.7 Å². The Hall–Kier alpha value is -3.34. The van der Waals surface area contributed by atoms with E-state index in [1.165, 1.54) is 0 Å². The number of imidazole rings is 1. The summed E-state index contributed by atoms with van der Waals surface area (Å²) in [5, 5.41) is 3.00. The highest BCUT2D eigenvalue weighted by Crippen LogP contribution is 2.21. The molecule has 1 aromatic heterocycles. The van der Waals surface area contributed by atoms with E-state index in [-0.39, 0.29) is 5.91 Å². The Morgan fingerprint density at radius 2 is 2.07 bits per heavy atom. The van der Waals surface area contributed by atoms with E-state index in [4.69, 9.17) is 4.74 Å². The van der Waals surface area contributed by atoms with Gasteiger partial charge in [-0.1, -0.05) is 24.3 Å². The number of allylic oxidation sites excluding steroid dienone is 1. The van der Waals surface area contributed by atoms with Gasteiger partial charge in [-0.3, -0.25) is 4.79 Å². The van der Waals surface area contributed by atoms with Gasteiger partial charge < -0.3 is 14.6 Å². The number of benzene rings is 2. The molecule has 1 amide bonds. The Labute approximate surface area is 159 Å². The molecule has 0 saturated heterocycles. The third-order valence-electron chi connectivity index (χ3n) is 4.42. The van der Waals surface area contributed by atoms with Crippen molar-refractivity contribution in [2.75, 3.05) is 7.11 Å². The first-order valence-corrected chi connectivity index (χ1v) is 8.78. The summed E-state index contributed by atoms with van der Waals surface area (Å²) in [6.07, 6.45) is 6.13. The minimum absolute atomic E-state index is 0.125. The summed E-state index contributed by atoms with van der Waals surface area (Å²) in [6.45, 7) is 6.14. The van der Waals surface area contributed by atoms with Gasteiger partial charge in [-0.25, -0.2) is 4.98 Å². The molecule has 5 nitrogen and oxygen atoms in total. The topological polar surface area (TPSA) is 56.2 Å². The first-order chi connectivity index (χ1) is 13.1. The van der Waals surface area contributed by atoms with Crippen LogP contribution < -0.4 is 10.1 Å². The molecule has 0 fully saturated rings. The molecule has 5 heteroatoms. The SMILES string of the molecule is C=CCc1cc(C(=O)NCc2ccccc2-n2ccnc2C)ccc1OC.